The first-order valence-electron chi connectivity index (χ1n) is 7.44. The number of rotatable bonds is 6. The highest BCUT2D eigenvalue weighted by Gasteiger charge is 2.20. The van der Waals surface area contributed by atoms with Gasteiger partial charge in [0, 0.05) is 12.5 Å². The first-order valence-corrected chi connectivity index (χ1v) is 7.44. The van der Waals surface area contributed by atoms with E-state index < -0.39 is 17.9 Å². The molecule has 0 aliphatic heterocycles. The molecule has 1 amide bonds. The molecule has 1 unspecified atom stereocenters. The number of hydrogen-bond donors (Lipinski definition) is 1. The summed E-state index contributed by atoms with van der Waals surface area (Å²) in [6.45, 7) is 0. The van der Waals surface area contributed by atoms with Crippen molar-refractivity contribution in [1.29, 1.82) is 0 Å². The van der Waals surface area contributed by atoms with Crippen LogP contribution in [0.5, 0.6) is 0 Å². The normalized spacial score (nSPS) is 11.9. The van der Waals surface area contributed by atoms with E-state index in [0.717, 1.165) is 5.56 Å². The number of ether oxygens (including phenoxy) is 1. The van der Waals surface area contributed by atoms with Crippen molar-refractivity contribution in [3.8, 4) is 0 Å². The fourth-order valence-electron chi connectivity index (χ4n) is 2.19. The minimum Gasteiger partial charge on any atom is -0.467 e. The summed E-state index contributed by atoms with van der Waals surface area (Å²) in [5, 5.41) is 2.61. The fourth-order valence-corrected chi connectivity index (χ4v) is 2.19. The molecule has 0 heterocycles. The lowest BCUT2D eigenvalue weighted by Crippen LogP contribution is -2.42. The van der Waals surface area contributed by atoms with Crippen LogP contribution in [0.15, 0.2) is 60.7 Å². The number of carbonyl (C=O) groups is 2. The SMILES string of the molecule is COC(=O)C(Cc1ccccc1)NC(=O)/C=C/c1cccc(F)c1. The minimum atomic E-state index is -0.790. The van der Waals surface area contributed by atoms with Crippen molar-refractivity contribution in [2.75, 3.05) is 7.11 Å². The van der Waals surface area contributed by atoms with Gasteiger partial charge in [0.2, 0.25) is 5.91 Å². The van der Waals surface area contributed by atoms with Crippen molar-refractivity contribution in [1.82, 2.24) is 5.32 Å². The maximum absolute atomic E-state index is 13.1. The van der Waals surface area contributed by atoms with Gasteiger partial charge >= 0.3 is 5.97 Å². The highest BCUT2D eigenvalue weighted by Crippen LogP contribution is 2.07. The van der Waals surface area contributed by atoms with Crippen molar-refractivity contribution >= 4 is 18.0 Å². The Morgan fingerprint density at radius 1 is 1.17 bits per heavy atom. The Bertz CT molecular complexity index is 728. The number of amides is 1. The summed E-state index contributed by atoms with van der Waals surface area (Å²) in [6, 6.07) is 14.4. The third kappa shape index (κ3) is 5.35. The molecule has 2 aromatic carbocycles. The van der Waals surface area contributed by atoms with E-state index in [0.29, 0.717) is 12.0 Å². The molecule has 0 saturated carbocycles. The van der Waals surface area contributed by atoms with Gasteiger partial charge in [-0.2, -0.15) is 0 Å². The van der Waals surface area contributed by atoms with Crippen LogP contribution >= 0.6 is 0 Å². The number of benzene rings is 2. The summed E-state index contributed by atoms with van der Waals surface area (Å²) >= 11 is 0. The number of hydrogen-bond acceptors (Lipinski definition) is 3. The average molecular weight is 327 g/mol. The van der Waals surface area contributed by atoms with Gasteiger partial charge in [-0.3, -0.25) is 4.79 Å². The van der Waals surface area contributed by atoms with Crippen LogP contribution in [-0.4, -0.2) is 25.0 Å². The van der Waals surface area contributed by atoms with Crippen molar-refractivity contribution in [2.45, 2.75) is 12.5 Å². The molecule has 0 saturated heterocycles. The van der Waals surface area contributed by atoms with Gasteiger partial charge in [0.05, 0.1) is 7.11 Å². The van der Waals surface area contributed by atoms with Crippen LogP contribution in [-0.2, 0) is 20.7 Å². The lowest BCUT2D eigenvalue weighted by atomic mass is 10.1. The molecule has 0 bridgehead atoms. The zero-order chi connectivity index (χ0) is 17.4. The average Bonchev–Trinajstić information content (AvgIpc) is 2.59. The molecule has 1 N–H and O–H groups in total. The Kier molecular flexibility index (Phi) is 6.25. The van der Waals surface area contributed by atoms with Crippen LogP contribution in [0.3, 0.4) is 0 Å². The molecular weight excluding hydrogens is 309 g/mol. The van der Waals surface area contributed by atoms with E-state index in [4.69, 9.17) is 4.74 Å². The summed E-state index contributed by atoms with van der Waals surface area (Å²) in [5.41, 5.74) is 1.46. The summed E-state index contributed by atoms with van der Waals surface area (Å²) in [5.74, 6) is -1.36. The van der Waals surface area contributed by atoms with E-state index in [1.807, 2.05) is 30.3 Å². The predicted octanol–water partition coefficient (Wildman–Crippen LogP) is 2.74. The zero-order valence-corrected chi connectivity index (χ0v) is 13.2. The molecule has 124 valence electrons. The topological polar surface area (TPSA) is 55.4 Å². The second kappa shape index (κ2) is 8.62. The minimum absolute atomic E-state index is 0.326. The van der Waals surface area contributed by atoms with Crippen LogP contribution in [0.1, 0.15) is 11.1 Å². The van der Waals surface area contributed by atoms with Crippen molar-refractivity contribution in [3.05, 3.63) is 77.6 Å². The van der Waals surface area contributed by atoms with Crippen LogP contribution in [0.25, 0.3) is 6.08 Å². The number of methoxy groups -OCH3 is 1. The van der Waals surface area contributed by atoms with Crippen molar-refractivity contribution in [3.63, 3.8) is 0 Å². The molecule has 0 radical (unpaired) electrons. The standard InChI is InChI=1S/C19H18FNO3/c1-24-19(23)17(13-14-6-3-2-4-7-14)21-18(22)11-10-15-8-5-9-16(20)12-15/h2-12,17H,13H2,1H3,(H,21,22)/b11-10+. The van der Waals surface area contributed by atoms with Crippen LogP contribution < -0.4 is 5.32 Å². The van der Waals surface area contributed by atoms with Crippen LogP contribution in [0.2, 0.25) is 0 Å². The molecule has 5 heteroatoms. The van der Waals surface area contributed by atoms with Gasteiger partial charge in [-0.25, -0.2) is 9.18 Å². The Morgan fingerprint density at radius 2 is 1.92 bits per heavy atom. The lowest BCUT2D eigenvalue weighted by molar-refractivity contribution is -0.144. The molecule has 0 aliphatic carbocycles. The summed E-state index contributed by atoms with van der Waals surface area (Å²) in [7, 11) is 1.27. The Morgan fingerprint density at radius 3 is 2.58 bits per heavy atom. The Hall–Kier alpha value is -2.95. The second-order valence-electron chi connectivity index (χ2n) is 5.16. The summed E-state index contributed by atoms with van der Waals surface area (Å²) in [6.07, 6.45) is 3.07. The molecule has 0 aliphatic rings. The van der Waals surface area contributed by atoms with Crippen LogP contribution in [0.4, 0.5) is 4.39 Å². The van der Waals surface area contributed by atoms with Gasteiger partial charge in [-0.1, -0.05) is 42.5 Å². The number of carbonyl (C=O) groups excluding carboxylic acids is 2. The van der Waals surface area contributed by atoms with E-state index in [1.54, 1.807) is 12.1 Å². The fraction of sp³-hybridized carbons (Fsp3) is 0.158. The smallest absolute Gasteiger partial charge is 0.328 e. The van der Waals surface area contributed by atoms with Crippen molar-refractivity contribution < 1.29 is 18.7 Å². The van der Waals surface area contributed by atoms with Gasteiger partial charge in [0.25, 0.3) is 0 Å². The molecule has 1 atom stereocenters. The second-order valence-corrected chi connectivity index (χ2v) is 5.16. The van der Waals surface area contributed by atoms with Gasteiger partial charge < -0.3 is 10.1 Å². The number of esters is 1. The number of nitrogens with one attached hydrogen (secondary N) is 1. The molecule has 24 heavy (non-hydrogen) atoms. The third-order valence-corrected chi connectivity index (χ3v) is 3.36. The Labute approximate surface area is 140 Å². The number of halogens is 1. The predicted molar refractivity (Wildman–Crippen MR) is 89.5 cm³/mol. The van der Waals surface area contributed by atoms with Crippen molar-refractivity contribution in [2.24, 2.45) is 0 Å². The van der Waals surface area contributed by atoms with Gasteiger partial charge in [0.15, 0.2) is 0 Å². The third-order valence-electron chi connectivity index (χ3n) is 3.36. The van der Waals surface area contributed by atoms with Gasteiger partial charge in [0.1, 0.15) is 11.9 Å². The van der Waals surface area contributed by atoms with E-state index in [9.17, 15) is 14.0 Å². The first-order chi connectivity index (χ1) is 11.6. The maximum atomic E-state index is 13.1. The van der Waals surface area contributed by atoms with E-state index >= 15 is 0 Å². The highest BCUT2D eigenvalue weighted by molar-refractivity contribution is 5.94. The molecule has 0 spiro atoms. The molecule has 0 fully saturated rings. The zero-order valence-electron chi connectivity index (χ0n) is 13.2. The molecule has 4 nitrogen and oxygen atoms in total. The Balaban J connectivity index is 2.03. The highest BCUT2D eigenvalue weighted by atomic mass is 19.1. The van der Waals surface area contributed by atoms with E-state index in [2.05, 4.69) is 5.32 Å². The molecular formula is C19H18FNO3. The molecule has 2 rings (SSSR count). The van der Waals surface area contributed by atoms with E-state index in [-0.39, 0.29) is 5.82 Å². The lowest BCUT2D eigenvalue weighted by Gasteiger charge is -2.15. The molecule has 0 aromatic heterocycles. The van der Waals surface area contributed by atoms with Crippen LogP contribution in [0, 0.1) is 5.82 Å². The van der Waals surface area contributed by atoms with Gasteiger partial charge in [-0.05, 0) is 29.3 Å². The maximum Gasteiger partial charge on any atom is 0.328 e. The largest absolute Gasteiger partial charge is 0.467 e. The molecule has 2 aromatic rings. The summed E-state index contributed by atoms with van der Waals surface area (Å²) in [4.78, 5) is 23.9. The monoisotopic (exact) mass is 327 g/mol. The summed E-state index contributed by atoms with van der Waals surface area (Å²) < 4.78 is 17.8. The quantitative estimate of drug-likeness (QED) is 0.656. The van der Waals surface area contributed by atoms with Gasteiger partial charge in [-0.15, -0.1) is 0 Å². The van der Waals surface area contributed by atoms with E-state index in [1.165, 1.54) is 31.4 Å². The first kappa shape index (κ1) is 17.4.